The van der Waals surface area contributed by atoms with Gasteiger partial charge in [-0.25, -0.2) is 9.49 Å². The molecule has 0 spiro atoms. The third kappa shape index (κ3) is 1.35. The van der Waals surface area contributed by atoms with Crippen molar-refractivity contribution < 1.29 is 4.39 Å². The Morgan fingerprint density at radius 1 is 1.35 bits per heavy atom. The molecular weight excluding hydrogens is 221 g/mol. The average molecular weight is 231 g/mol. The van der Waals surface area contributed by atoms with Gasteiger partial charge in [0.1, 0.15) is 17.2 Å². The molecule has 0 fully saturated rings. The number of halogens is 1. The normalized spacial score (nSPS) is 11.4. The highest BCUT2D eigenvalue weighted by Gasteiger charge is 2.10. The van der Waals surface area contributed by atoms with Crippen LogP contribution < -0.4 is 5.56 Å². The van der Waals surface area contributed by atoms with Crippen molar-refractivity contribution in [3.8, 4) is 0 Å². The van der Waals surface area contributed by atoms with E-state index in [0.717, 1.165) is 11.3 Å². The molecule has 0 bridgehead atoms. The van der Waals surface area contributed by atoms with Gasteiger partial charge in [0.05, 0.1) is 5.52 Å². The second-order valence-corrected chi connectivity index (χ2v) is 3.89. The van der Waals surface area contributed by atoms with Crippen LogP contribution in [0.2, 0.25) is 0 Å². The van der Waals surface area contributed by atoms with Gasteiger partial charge in [0.2, 0.25) is 0 Å². The molecule has 0 amide bonds. The lowest BCUT2D eigenvalue weighted by Gasteiger charge is -2.02. The van der Waals surface area contributed by atoms with Crippen molar-refractivity contribution >= 4 is 16.4 Å². The van der Waals surface area contributed by atoms with E-state index in [4.69, 9.17) is 0 Å². The number of rotatable bonds is 1. The Morgan fingerprint density at radius 3 is 2.94 bits per heavy atom. The predicted octanol–water partition coefficient (Wildman–Crippen LogP) is 1.88. The van der Waals surface area contributed by atoms with Crippen molar-refractivity contribution in [2.45, 2.75) is 13.3 Å². The minimum atomic E-state index is -0.309. The molecule has 0 aliphatic heterocycles. The summed E-state index contributed by atoms with van der Waals surface area (Å²) in [6, 6.07) is 6.15. The Labute approximate surface area is 95.7 Å². The molecule has 1 N–H and O–H groups in total. The van der Waals surface area contributed by atoms with Gasteiger partial charge < -0.3 is 0 Å². The zero-order valence-electron chi connectivity index (χ0n) is 9.20. The second-order valence-electron chi connectivity index (χ2n) is 3.89. The number of aromatic amines is 1. The van der Waals surface area contributed by atoms with Crippen LogP contribution in [0.5, 0.6) is 0 Å². The van der Waals surface area contributed by atoms with Gasteiger partial charge in [0, 0.05) is 11.8 Å². The van der Waals surface area contributed by atoms with E-state index in [9.17, 15) is 9.18 Å². The molecule has 0 unspecified atom stereocenters. The summed E-state index contributed by atoms with van der Waals surface area (Å²) in [6.45, 7) is 1.95. The van der Waals surface area contributed by atoms with Crippen molar-refractivity contribution in [2.24, 2.45) is 0 Å². The summed E-state index contributed by atoms with van der Waals surface area (Å²) in [5, 5.41) is 7.16. The second kappa shape index (κ2) is 3.41. The van der Waals surface area contributed by atoms with Crippen LogP contribution in [0.15, 0.2) is 29.1 Å². The van der Waals surface area contributed by atoms with Crippen molar-refractivity contribution in [3.05, 3.63) is 46.3 Å². The van der Waals surface area contributed by atoms with Crippen LogP contribution in [-0.2, 0) is 6.42 Å². The number of aromatic nitrogens is 3. The molecule has 0 saturated heterocycles. The molecule has 3 aromatic rings. The summed E-state index contributed by atoms with van der Waals surface area (Å²) in [6.07, 6.45) is 0.689. The SMILES string of the molecule is CCc1n[nH]c(=O)c2cc3cc(F)ccc3n12. The molecule has 0 atom stereocenters. The van der Waals surface area contributed by atoms with Crippen LogP contribution in [0, 0.1) is 5.82 Å². The minimum Gasteiger partial charge on any atom is -0.291 e. The lowest BCUT2D eigenvalue weighted by Crippen LogP contribution is -2.14. The largest absolute Gasteiger partial charge is 0.291 e. The highest BCUT2D eigenvalue weighted by Crippen LogP contribution is 2.20. The molecule has 0 saturated carbocycles. The van der Waals surface area contributed by atoms with Gasteiger partial charge >= 0.3 is 0 Å². The first-order chi connectivity index (χ1) is 8.20. The van der Waals surface area contributed by atoms with E-state index < -0.39 is 0 Å². The van der Waals surface area contributed by atoms with Crippen molar-refractivity contribution in [3.63, 3.8) is 0 Å². The molecule has 0 aliphatic carbocycles. The van der Waals surface area contributed by atoms with E-state index in [2.05, 4.69) is 10.2 Å². The number of aryl methyl sites for hydroxylation is 1. The summed E-state index contributed by atoms with van der Waals surface area (Å²) in [5.41, 5.74) is 1.04. The Bertz CT molecular complexity index is 772. The van der Waals surface area contributed by atoms with Gasteiger partial charge in [-0.2, -0.15) is 5.10 Å². The van der Waals surface area contributed by atoms with E-state index in [1.807, 2.05) is 6.92 Å². The highest BCUT2D eigenvalue weighted by atomic mass is 19.1. The average Bonchev–Trinajstić information content (AvgIpc) is 2.69. The molecule has 3 rings (SSSR count). The van der Waals surface area contributed by atoms with Gasteiger partial charge in [-0.3, -0.25) is 9.20 Å². The van der Waals surface area contributed by atoms with E-state index in [1.165, 1.54) is 12.1 Å². The lowest BCUT2D eigenvalue weighted by molar-refractivity contribution is 0.629. The number of hydrogen-bond acceptors (Lipinski definition) is 2. The first kappa shape index (κ1) is 10.0. The summed E-state index contributed by atoms with van der Waals surface area (Å²) in [4.78, 5) is 11.7. The number of H-pyrrole nitrogens is 1. The zero-order valence-corrected chi connectivity index (χ0v) is 9.20. The minimum absolute atomic E-state index is 0.265. The maximum atomic E-state index is 13.1. The Hall–Kier alpha value is -2.17. The molecule has 5 heteroatoms. The van der Waals surface area contributed by atoms with Gasteiger partial charge in [0.25, 0.3) is 5.56 Å². The van der Waals surface area contributed by atoms with Crippen LogP contribution in [-0.4, -0.2) is 14.6 Å². The van der Waals surface area contributed by atoms with E-state index in [1.54, 1.807) is 16.5 Å². The Kier molecular flexibility index (Phi) is 2.01. The first-order valence-electron chi connectivity index (χ1n) is 5.39. The first-order valence-corrected chi connectivity index (χ1v) is 5.39. The van der Waals surface area contributed by atoms with Crippen molar-refractivity contribution in [1.29, 1.82) is 0 Å². The van der Waals surface area contributed by atoms with E-state index in [0.29, 0.717) is 17.3 Å². The molecule has 1 aromatic carbocycles. The highest BCUT2D eigenvalue weighted by molar-refractivity contribution is 5.87. The van der Waals surface area contributed by atoms with Gasteiger partial charge in [-0.1, -0.05) is 6.92 Å². The number of nitrogens with one attached hydrogen (secondary N) is 1. The molecule has 2 aromatic heterocycles. The van der Waals surface area contributed by atoms with Gasteiger partial charge in [-0.05, 0) is 24.3 Å². The predicted molar refractivity (Wildman–Crippen MR) is 62.7 cm³/mol. The van der Waals surface area contributed by atoms with Crippen LogP contribution in [0.25, 0.3) is 16.4 Å². The molecule has 17 heavy (non-hydrogen) atoms. The monoisotopic (exact) mass is 231 g/mol. The van der Waals surface area contributed by atoms with Crippen LogP contribution in [0.3, 0.4) is 0 Å². The molecule has 0 aliphatic rings. The maximum Gasteiger partial charge on any atom is 0.288 e. The zero-order chi connectivity index (χ0) is 12.0. The van der Waals surface area contributed by atoms with E-state index in [-0.39, 0.29) is 11.4 Å². The maximum absolute atomic E-state index is 13.1. The van der Waals surface area contributed by atoms with Crippen LogP contribution in [0.1, 0.15) is 12.7 Å². The third-order valence-electron chi connectivity index (χ3n) is 2.86. The third-order valence-corrected chi connectivity index (χ3v) is 2.86. The molecule has 4 nitrogen and oxygen atoms in total. The fourth-order valence-corrected chi connectivity index (χ4v) is 2.09. The Balaban J connectivity index is 2.60. The summed E-state index contributed by atoms with van der Waals surface area (Å²) in [7, 11) is 0. The van der Waals surface area contributed by atoms with Gasteiger partial charge in [0.15, 0.2) is 0 Å². The van der Waals surface area contributed by atoms with Crippen LogP contribution >= 0.6 is 0 Å². The Morgan fingerprint density at radius 2 is 2.18 bits per heavy atom. The standard InChI is InChI=1S/C12H10FN3O/c1-2-11-14-15-12(17)10-6-7-5-8(13)3-4-9(7)16(10)11/h3-6H,2H2,1H3,(H,15,17). The summed E-state index contributed by atoms with van der Waals surface area (Å²) < 4.78 is 14.9. The number of nitrogens with zero attached hydrogens (tertiary/aromatic N) is 2. The molecule has 0 radical (unpaired) electrons. The smallest absolute Gasteiger partial charge is 0.288 e. The molecular formula is C12H10FN3O. The quantitative estimate of drug-likeness (QED) is 0.695. The number of fused-ring (bicyclic) bond motifs is 3. The van der Waals surface area contributed by atoms with Crippen molar-refractivity contribution in [2.75, 3.05) is 0 Å². The van der Waals surface area contributed by atoms with Gasteiger partial charge in [-0.15, -0.1) is 0 Å². The number of hydrogen-bond donors (Lipinski definition) is 1. The van der Waals surface area contributed by atoms with Crippen molar-refractivity contribution in [1.82, 2.24) is 14.6 Å². The van der Waals surface area contributed by atoms with E-state index >= 15 is 0 Å². The summed E-state index contributed by atoms with van der Waals surface area (Å²) in [5.74, 6) is 0.442. The fourth-order valence-electron chi connectivity index (χ4n) is 2.09. The lowest BCUT2D eigenvalue weighted by atomic mass is 10.2. The molecule has 2 heterocycles. The van der Waals surface area contributed by atoms with Crippen LogP contribution in [0.4, 0.5) is 4.39 Å². The summed E-state index contributed by atoms with van der Waals surface area (Å²) >= 11 is 0. The molecule has 86 valence electrons. The topological polar surface area (TPSA) is 50.2 Å². The fraction of sp³-hybridized carbons (Fsp3) is 0.167. The number of benzene rings is 1.